The van der Waals surface area contributed by atoms with E-state index in [2.05, 4.69) is 122 Å². The zero-order valence-corrected chi connectivity index (χ0v) is 25.2. The normalized spacial score (nSPS) is 11.8. The number of phenolic OH excluding ortho intramolecular Hbond substituents is 1. The number of benzene rings is 6. The highest BCUT2D eigenvalue weighted by Gasteiger charge is 2.21. The molecular weight excluding hydrogens is 559 g/mol. The number of thioether (sulfide) groups is 1. The molecule has 4 nitrogen and oxygen atoms in total. The summed E-state index contributed by atoms with van der Waals surface area (Å²) < 4.78 is 2.38. The van der Waals surface area contributed by atoms with E-state index < -0.39 is 0 Å². The zero-order chi connectivity index (χ0) is 29.8. The van der Waals surface area contributed by atoms with Crippen molar-refractivity contribution in [3.63, 3.8) is 0 Å². The minimum Gasteiger partial charge on any atom is -0.507 e. The fourth-order valence-corrected chi connectivity index (χ4v) is 7.16. The van der Waals surface area contributed by atoms with E-state index in [4.69, 9.17) is 9.97 Å². The molecule has 1 N–H and O–H groups in total. The Morgan fingerprint density at radius 3 is 2.09 bits per heavy atom. The van der Waals surface area contributed by atoms with Gasteiger partial charge in [0.1, 0.15) is 10.8 Å². The molecule has 0 saturated carbocycles. The molecule has 2 heterocycles. The van der Waals surface area contributed by atoms with Crippen molar-refractivity contribution in [2.45, 2.75) is 24.1 Å². The van der Waals surface area contributed by atoms with Crippen LogP contribution >= 0.6 is 11.8 Å². The molecule has 0 aliphatic rings. The maximum Gasteiger partial charge on any atom is 0.164 e. The second-order valence-corrected chi connectivity index (χ2v) is 12.9. The fourth-order valence-electron chi connectivity index (χ4n) is 6.35. The van der Waals surface area contributed by atoms with E-state index in [0.29, 0.717) is 16.6 Å². The van der Waals surface area contributed by atoms with Crippen LogP contribution in [-0.4, -0.2) is 24.9 Å². The maximum atomic E-state index is 10.8. The Kier molecular flexibility index (Phi) is 6.35. The highest BCUT2D eigenvalue weighted by molar-refractivity contribution is 7.99. The third kappa shape index (κ3) is 4.31. The van der Waals surface area contributed by atoms with Gasteiger partial charge in [0.2, 0.25) is 0 Å². The van der Waals surface area contributed by atoms with Crippen molar-refractivity contribution in [1.82, 2.24) is 14.5 Å². The zero-order valence-electron chi connectivity index (χ0n) is 24.4. The lowest BCUT2D eigenvalue weighted by Crippen LogP contribution is -1.98. The first-order chi connectivity index (χ1) is 21.6. The smallest absolute Gasteiger partial charge is 0.164 e. The number of rotatable bonds is 5. The summed E-state index contributed by atoms with van der Waals surface area (Å²) in [7, 11) is 0. The lowest BCUT2D eigenvalue weighted by atomic mass is 9.95. The number of fused-ring (bicyclic) bond motifs is 7. The van der Waals surface area contributed by atoms with Gasteiger partial charge in [-0.15, -0.1) is 11.8 Å². The molecular formula is C39H29N3OS. The summed E-state index contributed by atoms with van der Waals surface area (Å²) in [5.41, 5.74) is 5.88. The summed E-state index contributed by atoms with van der Waals surface area (Å²) in [6, 6.07) is 44.0. The number of para-hydroxylation sites is 2. The number of phenols is 1. The molecule has 0 aliphatic heterocycles. The molecule has 0 unspecified atom stereocenters. The van der Waals surface area contributed by atoms with Gasteiger partial charge in [-0.2, -0.15) is 0 Å². The van der Waals surface area contributed by atoms with Crippen molar-refractivity contribution in [2.24, 2.45) is 0 Å². The lowest BCUT2D eigenvalue weighted by molar-refractivity contribution is 0.477. The van der Waals surface area contributed by atoms with Gasteiger partial charge < -0.3 is 9.67 Å². The van der Waals surface area contributed by atoms with Crippen LogP contribution in [0.1, 0.15) is 13.8 Å². The van der Waals surface area contributed by atoms with E-state index in [0.717, 1.165) is 32.9 Å². The average molecular weight is 588 g/mol. The van der Waals surface area contributed by atoms with E-state index in [1.54, 1.807) is 17.8 Å². The average Bonchev–Trinajstić information content (AvgIpc) is 3.39. The summed E-state index contributed by atoms with van der Waals surface area (Å²) in [5.74, 6) is 0.684. The highest BCUT2D eigenvalue weighted by atomic mass is 32.2. The fraction of sp³-hybridized carbons (Fsp3) is 0.0769. The van der Waals surface area contributed by atoms with Gasteiger partial charge in [-0.05, 0) is 64.0 Å². The molecule has 0 radical (unpaired) electrons. The predicted octanol–water partition coefficient (Wildman–Crippen LogP) is 10.4. The third-order valence-electron chi connectivity index (χ3n) is 8.16. The maximum absolute atomic E-state index is 10.8. The molecule has 0 aliphatic carbocycles. The molecule has 44 heavy (non-hydrogen) atoms. The van der Waals surface area contributed by atoms with Crippen LogP contribution in [0.25, 0.3) is 71.7 Å². The molecule has 5 heteroatoms. The van der Waals surface area contributed by atoms with E-state index in [9.17, 15) is 5.11 Å². The van der Waals surface area contributed by atoms with Crippen LogP contribution in [0.3, 0.4) is 0 Å². The van der Waals surface area contributed by atoms with E-state index in [-0.39, 0.29) is 5.75 Å². The first-order valence-electron chi connectivity index (χ1n) is 14.8. The summed E-state index contributed by atoms with van der Waals surface area (Å²) >= 11 is 1.70. The Morgan fingerprint density at radius 2 is 1.30 bits per heavy atom. The summed E-state index contributed by atoms with van der Waals surface area (Å²) in [6.07, 6.45) is 0. The second kappa shape index (κ2) is 10.5. The molecule has 6 aromatic carbocycles. The van der Waals surface area contributed by atoms with Crippen LogP contribution in [-0.2, 0) is 0 Å². The van der Waals surface area contributed by atoms with Crippen molar-refractivity contribution >= 4 is 55.1 Å². The van der Waals surface area contributed by atoms with Gasteiger partial charge in [-0.1, -0.05) is 98.8 Å². The minimum atomic E-state index is 0.168. The number of aromatic nitrogens is 3. The van der Waals surface area contributed by atoms with Crippen LogP contribution < -0.4 is 0 Å². The van der Waals surface area contributed by atoms with Crippen molar-refractivity contribution < 1.29 is 5.11 Å². The molecule has 0 atom stereocenters. The van der Waals surface area contributed by atoms with Gasteiger partial charge in [-0.25, -0.2) is 9.97 Å². The summed E-state index contributed by atoms with van der Waals surface area (Å²) in [4.78, 5) is 10.0. The van der Waals surface area contributed by atoms with Crippen molar-refractivity contribution in [3.8, 4) is 34.1 Å². The van der Waals surface area contributed by atoms with Crippen molar-refractivity contribution in [1.29, 1.82) is 0 Å². The molecule has 0 saturated heterocycles. The highest BCUT2D eigenvalue weighted by Crippen LogP contribution is 2.44. The lowest BCUT2D eigenvalue weighted by Gasteiger charge is -2.14. The van der Waals surface area contributed by atoms with Gasteiger partial charge in [0.15, 0.2) is 5.82 Å². The molecule has 0 amide bonds. The molecule has 212 valence electrons. The largest absolute Gasteiger partial charge is 0.507 e. The number of hydrogen-bond acceptors (Lipinski definition) is 4. The topological polar surface area (TPSA) is 50.9 Å². The first-order valence-corrected chi connectivity index (χ1v) is 15.7. The Hall–Kier alpha value is -5.13. The van der Waals surface area contributed by atoms with E-state index in [1.165, 1.54) is 32.4 Å². The Morgan fingerprint density at radius 1 is 0.614 bits per heavy atom. The summed E-state index contributed by atoms with van der Waals surface area (Å²) in [6.45, 7) is 4.33. The molecule has 0 fully saturated rings. The van der Waals surface area contributed by atoms with E-state index >= 15 is 0 Å². The first kappa shape index (κ1) is 26.5. The Labute approximate surface area is 259 Å². The van der Waals surface area contributed by atoms with Crippen molar-refractivity contribution in [3.05, 3.63) is 127 Å². The molecule has 8 aromatic rings. The van der Waals surface area contributed by atoms with Gasteiger partial charge >= 0.3 is 0 Å². The standard InChI is InChI=1S/C39H29N3OS/c1-24(2)44-36-23-32(40-39(41-36)30-18-10-11-19-35(30)43)31-22-34-38(29-17-9-8-16-28(29)31)37-27-15-7-6-12-25(27)20-21-33(37)42(34)26-13-4-3-5-14-26/h3-24,43H,1-2H3. The van der Waals surface area contributed by atoms with Gasteiger partial charge in [0, 0.05) is 27.3 Å². The van der Waals surface area contributed by atoms with E-state index in [1.807, 2.05) is 18.2 Å². The third-order valence-corrected chi connectivity index (χ3v) is 9.08. The molecule has 0 spiro atoms. The van der Waals surface area contributed by atoms with Crippen LogP contribution in [0.15, 0.2) is 132 Å². The number of aromatic hydroxyl groups is 1. The Bertz CT molecular complexity index is 2360. The predicted molar refractivity (Wildman–Crippen MR) is 185 cm³/mol. The molecule has 8 rings (SSSR count). The van der Waals surface area contributed by atoms with Gasteiger partial charge in [0.05, 0.1) is 22.3 Å². The Balaban J connectivity index is 1.53. The number of nitrogens with zero attached hydrogens (tertiary/aromatic N) is 3. The van der Waals surface area contributed by atoms with Crippen LogP contribution in [0.5, 0.6) is 5.75 Å². The minimum absolute atomic E-state index is 0.168. The van der Waals surface area contributed by atoms with Gasteiger partial charge in [-0.3, -0.25) is 0 Å². The van der Waals surface area contributed by atoms with Gasteiger partial charge in [0.25, 0.3) is 0 Å². The van der Waals surface area contributed by atoms with Crippen molar-refractivity contribution in [2.75, 3.05) is 0 Å². The summed E-state index contributed by atoms with van der Waals surface area (Å²) in [5, 5.41) is 19.2. The van der Waals surface area contributed by atoms with Crippen LogP contribution in [0, 0.1) is 0 Å². The second-order valence-electron chi connectivity index (χ2n) is 11.3. The monoisotopic (exact) mass is 587 g/mol. The van der Waals surface area contributed by atoms with Crippen LogP contribution in [0.4, 0.5) is 0 Å². The quantitative estimate of drug-likeness (QED) is 0.161. The SMILES string of the molecule is CC(C)Sc1cc(-c2cc3c(c4ccccc24)c2c4ccccc4ccc2n3-c2ccccc2)nc(-c2ccccc2O)n1. The molecule has 0 bridgehead atoms. The van der Waals surface area contributed by atoms with Crippen LogP contribution in [0.2, 0.25) is 0 Å². The molecule has 2 aromatic heterocycles. The number of hydrogen-bond donors (Lipinski definition) is 1.